The maximum Gasteiger partial charge on any atom is 0.266 e. The van der Waals surface area contributed by atoms with Gasteiger partial charge in [-0.15, -0.1) is 10.2 Å². The van der Waals surface area contributed by atoms with E-state index in [0.717, 1.165) is 48.6 Å². The first-order chi connectivity index (χ1) is 12.9. The third-order valence-electron chi connectivity index (χ3n) is 4.63. The predicted molar refractivity (Wildman–Crippen MR) is 106 cm³/mol. The van der Waals surface area contributed by atoms with Gasteiger partial charge >= 0.3 is 0 Å². The molecule has 2 aromatic rings. The van der Waals surface area contributed by atoms with Crippen molar-refractivity contribution in [2.45, 2.75) is 39.3 Å². The van der Waals surface area contributed by atoms with E-state index >= 15 is 0 Å². The summed E-state index contributed by atoms with van der Waals surface area (Å²) in [6.45, 7) is 11.9. The average Bonchev–Trinajstić information content (AvgIpc) is 3.09. The zero-order valence-electron chi connectivity index (χ0n) is 16.5. The van der Waals surface area contributed by atoms with Crippen molar-refractivity contribution in [2.75, 3.05) is 44.7 Å². The van der Waals surface area contributed by atoms with E-state index < -0.39 is 0 Å². The van der Waals surface area contributed by atoms with Crippen LogP contribution in [0.3, 0.4) is 0 Å². The average molecular weight is 393 g/mol. The first kappa shape index (κ1) is 19.9. The highest BCUT2D eigenvalue weighted by molar-refractivity contribution is 7.15. The molecule has 0 atom stereocenters. The summed E-state index contributed by atoms with van der Waals surface area (Å²) in [5.41, 5.74) is 0.834. The van der Waals surface area contributed by atoms with Gasteiger partial charge in [-0.3, -0.25) is 9.69 Å². The van der Waals surface area contributed by atoms with E-state index in [1.54, 1.807) is 29.2 Å². The predicted octanol–water partition coefficient (Wildman–Crippen LogP) is 1.36. The van der Waals surface area contributed by atoms with Gasteiger partial charge < -0.3 is 9.64 Å². The van der Waals surface area contributed by atoms with Crippen molar-refractivity contribution in [3.05, 3.63) is 33.2 Å². The van der Waals surface area contributed by atoms with E-state index in [0.29, 0.717) is 13.2 Å². The first-order valence-corrected chi connectivity index (χ1v) is 10.1. The third-order valence-corrected chi connectivity index (χ3v) is 5.59. The van der Waals surface area contributed by atoms with Gasteiger partial charge in [-0.1, -0.05) is 32.1 Å². The summed E-state index contributed by atoms with van der Waals surface area (Å²) in [5, 5.41) is 14.8. The summed E-state index contributed by atoms with van der Waals surface area (Å²) in [5.74, 6) is 0. The number of nitrogens with zero attached hydrogens (tertiary/aromatic N) is 6. The van der Waals surface area contributed by atoms with Crippen LogP contribution in [0, 0.1) is 0 Å². The summed E-state index contributed by atoms with van der Waals surface area (Å²) >= 11 is 1.59. The molecule has 0 spiro atoms. The molecule has 2 aromatic heterocycles. The van der Waals surface area contributed by atoms with Gasteiger partial charge in [-0.25, -0.2) is 4.68 Å². The van der Waals surface area contributed by atoms with Crippen molar-refractivity contribution in [3.63, 3.8) is 0 Å². The lowest BCUT2D eigenvalue weighted by molar-refractivity contribution is 0.184. The van der Waals surface area contributed by atoms with Crippen LogP contribution >= 0.6 is 11.3 Å². The number of methoxy groups -OCH3 is 1. The van der Waals surface area contributed by atoms with Crippen LogP contribution in [0.5, 0.6) is 0 Å². The third kappa shape index (κ3) is 5.12. The highest BCUT2D eigenvalue weighted by atomic mass is 32.1. The number of hydrogen-bond donors (Lipinski definition) is 0. The molecule has 1 saturated heterocycles. The molecule has 0 amide bonds. The van der Waals surface area contributed by atoms with Crippen LogP contribution in [-0.2, 0) is 23.3 Å². The summed E-state index contributed by atoms with van der Waals surface area (Å²) in [6, 6.07) is 3.45. The summed E-state index contributed by atoms with van der Waals surface area (Å²) in [6.07, 6.45) is 0. The van der Waals surface area contributed by atoms with Gasteiger partial charge in [0.2, 0.25) is 5.13 Å². The smallest absolute Gasteiger partial charge is 0.266 e. The number of aromatic nitrogens is 4. The van der Waals surface area contributed by atoms with Crippen LogP contribution in [0.15, 0.2) is 16.9 Å². The van der Waals surface area contributed by atoms with E-state index in [-0.39, 0.29) is 11.0 Å². The second-order valence-electron chi connectivity index (χ2n) is 7.77. The second-order valence-corrected chi connectivity index (χ2v) is 8.81. The van der Waals surface area contributed by atoms with Crippen LogP contribution in [0.25, 0.3) is 0 Å². The molecule has 3 rings (SSSR count). The van der Waals surface area contributed by atoms with Crippen LogP contribution in [-0.4, -0.2) is 64.7 Å². The molecule has 148 valence electrons. The maximum absolute atomic E-state index is 12.1. The Labute approximate surface area is 163 Å². The van der Waals surface area contributed by atoms with Crippen LogP contribution in [0.2, 0.25) is 0 Å². The molecule has 9 heteroatoms. The number of piperazine rings is 1. The number of anilines is 1. The van der Waals surface area contributed by atoms with E-state index in [9.17, 15) is 4.79 Å². The standard InChI is InChI=1S/C18H28N6O2S/c1-18(2,3)14-5-6-16(25)24(21-14)12-9-22-7-10-23(11-8-22)17-20-19-15(27-17)13-26-4/h5-6H,7-13H2,1-4H3. The van der Waals surface area contributed by atoms with Crippen LogP contribution in [0.1, 0.15) is 31.5 Å². The SMILES string of the molecule is COCc1nnc(N2CCN(CCn3nc(C(C)(C)C)ccc3=O)CC2)s1. The van der Waals surface area contributed by atoms with Gasteiger partial charge in [0, 0.05) is 51.3 Å². The largest absolute Gasteiger partial charge is 0.377 e. The molecule has 0 aliphatic carbocycles. The fraction of sp³-hybridized carbons (Fsp3) is 0.667. The quantitative estimate of drug-likeness (QED) is 0.735. The Morgan fingerprint density at radius 1 is 1.11 bits per heavy atom. The Morgan fingerprint density at radius 2 is 1.85 bits per heavy atom. The Balaban J connectivity index is 1.53. The minimum Gasteiger partial charge on any atom is -0.377 e. The molecule has 1 aliphatic heterocycles. The molecule has 27 heavy (non-hydrogen) atoms. The highest BCUT2D eigenvalue weighted by Gasteiger charge is 2.21. The number of rotatable bonds is 6. The van der Waals surface area contributed by atoms with Crippen molar-refractivity contribution < 1.29 is 4.74 Å². The summed E-state index contributed by atoms with van der Waals surface area (Å²) < 4.78 is 6.70. The van der Waals surface area contributed by atoms with Crippen molar-refractivity contribution in [1.82, 2.24) is 24.9 Å². The molecule has 0 saturated carbocycles. The summed E-state index contributed by atoms with van der Waals surface area (Å²) in [7, 11) is 1.66. The van der Waals surface area contributed by atoms with E-state index in [2.05, 4.69) is 45.9 Å². The van der Waals surface area contributed by atoms with Gasteiger partial charge in [0.05, 0.1) is 12.2 Å². The second kappa shape index (κ2) is 8.45. The Morgan fingerprint density at radius 3 is 2.52 bits per heavy atom. The van der Waals surface area contributed by atoms with E-state index in [4.69, 9.17) is 4.74 Å². The Hall–Kier alpha value is -1.84. The molecule has 1 aliphatic rings. The Kier molecular flexibility index (Phi) is 6.23. The van der Waals surface area contributed by atoms with Gasteiger partial charge in [-0.05, 0) is 6.07 Å². The molecular weight excluding hydrogens is 364 g/mol. The summed E-state index contributed by atoms with van der Waals surface area (Å²) in [4.78, 5) is 16.7. The van der Waals surface area contributed by atoms with E-state index in [1.807, 2.05) is 6.07 Å². The van der Waals surface area contributed by atoms with Gasteiger partial charge in [0.25, 0.3) is 5.56 Å². The van der Waals surface area contributed by atoms with Crippen molar-refractivity contribution in [2.24, 2.45) is 0 Å². The lowest BCUT2D eigenvalue weighted by Crippen LogP contribution is -2.47. The minimum atomic E-state index is -0.0650. The zero-order valence-corrected chi connectivity index (χ0v) is 17.3. The molecule has 0 N–H and O–H groups in total. The maximum atomic E-state index is 12.1. The van der Waals surface area contributed by atoms with E-state index in [1.165, 1.54) is 0 Å². The normalized spacial score (nSPS) is 16.1. The molecule has 1 fully saturated rings. The minimum absolute atomic E-state index is 0.0406. The molecule has 8 nitrogen and oxygen atoms in total. The van der Waals surface area contributed by atoms with Crippen LogP contribution in [0.4, 0.5) is 5.13 Å². The Bertz CT molecular complexity index is 805. The molecule has 0 aromatic carbocycles. The van der Waals surface area contributed by atoms with Crippen molar-refractivity contribution >= 4 is 16.5 Å². The molecule has 3 heterocycles. The fourth-order valence-corrected chi connectivity index (χ4v) is 3.82. The lowest BCUT2D eigenvalue weighted by Gasteiger charge is -2.34. The topological polar surface area (TPSA) is 76.4 Å². The van der Waals surface area contributed by atoms with Gasteiger partial charge in [-0.2, -0.15) is 5.10 Å². The zero-order chi connectivity index (χ0) is 19.4. The van der Waals surface area contributed by atoms with Crippen molar-refractivity contribution in [1.29, 1.82) is 0 Å². The van der Waals surface area contributed by atoms with Crippen molar-refractivity contribution in [3.8, 4) is 0 Å². The molecule has 0 bridgehead atoms. The lowest BCUT2D eigenvalue weighted by atomic mass is 9.92. The van der Waals surface area contributed by atoms with Crippen LogP contribution < -0.4 is 10.5 Å². The fourth-order valence-electron chi connectivity index (χ4n) is 2.96. The monoisotopic (exact) mass is 392 g/mol. The number of ether oxygens (including phenoxy) is 1. The highest BCUT2D eigenvalue weighted by Crippen LogP contribution is 2.22. The molecular formula is C18H28N6O2S. The molecule has 0 unspecified atom stereocenters. The van der Waals surface area contributed by atoms with Gasteiger partial charge in [0.15, 0.2) is 0 Å². The number of hydrogen-bond acceptors (Lipinski definition) is 8. The molecule has 0 radical (unpaired) electrons. The first-order valence-electron chi connectivity index (χ1n) is 9.24. The van der Waals surface area contributed by atoms with Gasteiger partial charge in [0.1, 0.15) is 11.6 Å².